The number of rotatable bonds is 3. The molecule has 0 spiro atoms. The Labute approximate surface area is 116 Å². The molecule has 3 unspecified atom stereocenters. The largest absolute Gasteiger partial charge is 0.150 e. The highest BCUT2D eigenvalue weighted by molar-refractivity contribution is 7.99. The molecule has 2 saturated carbocycles. The highest BCUT2D eigenvalue weighted by Gasteiger charge is 2.60. The van der Waals surface area contributed by atoms with E-state index in [1.807, 2.05) is 0 Å². The van der Waals surface area contributed by atoms with Crippen molar-refractivity contribution >= 4 is 11.8 Å². The van der Waals surface area contributed by atoms with Crippen LogP contribution < -0.4 is 0 Å². The first-order valence-corrected chi connectivity index (χ1v) is 8.20. The Morgan fingerprint density at radius 3 is 2.33 bits per heavy atom. The molecule has 0 aliphatic heterocycles. The van der Waals surface area contributed by atoms with Crippen LogP contribution in [-0.4, -0.2) is 4.75 Å². The normalized spacial score (nSPS) is 37.1. The van der Waals surface area contributed by atoms with Gasteiger partial charge >= 0.3 is 0 Å². The zero-order chi connectivity index (χ0) is 12.8. The molecule has 1 aromatic carbocycles. The summed E-state index contributed by atoms with van der Waals surface area (Å²) in [5, 5.41) is 0. The van der Waals surface area contributed by atoms with Crippen molar-refractivity contribution < 1.29 is 0 Å². The van der Waals surface area contributed by atoms with Gasteiger partial charge in [0.15, 0.2) is 0 Å². The molecular formula is C17H24S. The van der Waals surface area contributed by atoms with Crippen LogP contribution in [0.1, 0.15) is 45.6 Å². The second-order valence-corrected chi connectivity index (χ2v) is 8.24. The zero-order valence-corrected chi connectivity index (χ0v) is 12.6. The molecule has 2 aliphatic rings. The average molecular weight is 260 g/mol. The van der Waals surface area contributed by atoms with Crippen LogP contribution in [0.25, 0.3) is 0 Å². The fourth-order valence-corrected chi connectivity index (χ4v) is 5.83. The summed E-state index contributed by atoms with van der Waals surface area (Å²) in [7, 11) is 0. The van der Waals surface area contributed by atoms with Crippen LogP contribution in [-0.2, 0) is 5.75 Å². The Hall–Kier alpha value is -0.430. The molecule has 0 radical (unpaired) electrons. The van der Waals surface area contributed by atoms with Crippen LogP contribution in [0.15, 0.2) is 30.3 Å². The van der Waals surface area contributed by atoms with Gasteiger partial charge in [0.25, 0.3) is 0 Å². The average Bonchev–Trinajstić information content (AvgIpc) is 2.92. The van der Waals surface area contributed by atoms with Crippen LogP contribution in [0.5, 0.6) is 0 Å². The first-order valence-electron chi connectivity index (χ1n) is 7.22. The maximum Gasteiger partial charge on any atom is 0.0217 e. The van der Waals surface area contributed by atoms with Gasteiger partial charge in [-0.15, -0.1) is 11.8 Å². The Kier molecular flexibility index (Phi) is 3.01. The van der Waals surface area contributed by atoms with Gasteiger partial charge in [-0.25, -0.2) is 0 Å². The molecule has 0 saturated heterocycles. The monoisotopic (exact) mass is 260 g/mol. The Morgan fingerprint density at radius 2 is 1.72 bits per heavy atom. The lowest BCUT2D eigenvalue weighted by Crippen LogP contribution is -2.44. The topological polar surface area (TPSA) is 0 Å². The lowest BCUT2D eigenvalue weighted by Gasteiger charge is -2.47. The molecule has 0 nitrogen and oxygen atoms in total. The maximum atomic E-state index is 2.53. The van der Waals surface area contributed by atoms with Crippen molar-refractivity contribution in [3.05, 3.63) is 35.9 Å². The summed E-state index contributed by atoms with van der Waals surface area (Å²) in [6.45, 7) is 7.55. The first kappa shape index (κ1) is 12.6. The minimum Gasteiger partial charge on any atom is -0.150 e. The summed E-state index contributed by atoms with van der Waals surface area (Å²) in [6.07, 6.45) is 4.41. The summed E-state index contributed by atoms with van der Waals surface area (Å²) < 4.78 is 0.478. The van der Waals surface area contributed by atoms with Gasteiger partial charge in [0.2, 0.25) is 0 Å². The van der Waals surface area contributed by atoms with Crippen molar-refractivity contribution in [1.82, 2.24) is 0 Å². The minimum atomic E-state index is 0.478. The fourth-order valence-electron chi connectivity index (χ4n) is 4.18. The smallest absolute Gasteiger partial charge is 0.0217 e. The van der Waals surface area contributed by atoms with E-state index >= 15 is 0 Å². The predicted molar refractivity (Wildman–Crippen MR) is 80.8 cm³/mol. The number of thioether (sulfide) groups is 1. The summed E-state index contributed by atoms with van der Waals surface area (Å²) in [6, 6.07) is 10.9. The molecule has 2 aliphatic carbocycles. The fraction of sp³-hybridized carbons (Fsp3) is 0.647. The minimum absolute atomic E-state index is 0.478. The zero-order valence-electron chi connectivity index (χ0n) is 11.8. The van der Waals surface area contributed by atoms with E-state index in [2.05, 4.69) is 62.9 Å². The Morgan fingerprint density at radius 1 is 1.06 bits per heavy atom. The van der Waals surface area contributed by atoms with Crippen molar-refractivity contribution in [3.8, 4) is 0 Å². The standard InChI is InChI=1S/C17H24S/c1-16(2)14-9-10-15(11-14)17(16,3)18-12-13-7-5-4-6-8-13/h4-8,14-15H,9-12H2,1-3H3. The maximum absolute atomic E-state index is 2.53. The van der Waals surface area contributed by atoms with Crippen molar-refractivity contribution in [2.24, 2.45) is 17.3 Å². The van der Waals surface area contributed by atoms with E-state index in [-0.39, 0.29) is 0 Å². The third kappa shape index (κ3) is 1.74. The number of fused-ring (bicyclic) bond motifs is 2. The van der Waals surface area contributed by atoms with E-state index in [0.717, 1.165) is 11.8 Å². The molecule has 0 heterocycles. The van der Waals surface area contributed by atoms with Gasteiger partial charge in [-0.1, -0.05) is 44.2 Å². The molecule has 98 valence electrons. The Bertz CT molecular complexity index is 422. The van der Waals surface area contributed by atoms with Crippen molar-refractivity contribution in [2.45, 2.75) is 50.5 Å². The van der Waals surface area contributed by atoms with Crippen molar-refractivity contribution in [2.75, 3.05) is 0 Å². The first-order chi connectivity index (χ1) is 8.54. The van der Waals surface area contributed by atoms with Crippen LogP contribution in [0, 0.1) is 17.3 Å². The van der Waals surface area contributed by atoms with Gasteiger partial charge in [0.05, 0.1) is 0 Å². The molecule has 18 heavy (non-hydrogen) atoms. The van der Waals surface area contributed by atoms with Crippen molar-refractivity contribution in [1.29, 1.82) is 0 Å². The summed E-state index contributed by atoms with van der Waals surface area (Å²) >= 11 is 2.21. The predicted octanol–water partition coefficient (Wildman–Crippen LogP) is 5.13. The molecule has 0 aromatic heterocycles. The molecule has 0 N–H and O–H groups in total. The van der Waals surface area contributed by atoms with E-state index in [1.54, 1.807) is 0 Å². The van der Waals surface area contributed by atoms with Gasteiger partial charge in [-0.2, -0.15) is 0 Å². The number of hydrogen-bond donors (Lipinski definition) is 0. The van der Waals surface area contributed by atoms with Gasteiger partial charge in [-0.3, -0.25) is 0 Å². The van der Waals surface area contributed by atoms with Gasteiger partial charge < -0.3 is 0 Å². The van der Waals surface area contributed by atoms with Crippen LogP contribution in [0.4, 0.5) is 0 Å². The molecule has 3 rings (SSSR count). The van der Waals surface area contributed by atoms with Crippen LogP contribution in [0.2, 0.25) is 0 Å². The molecule has 2 bridgehead atoms. The summed E-state index contributed by atoms with van der Waals surface area (Å²) in [4.78, 5) is 0. The third-order valence-electron chi connectivity index (χ3n) is 5.89. The lowest BCUT2D eigenvalue weighted by atomic mass is 9.69. The second-order valence-electron chi connectivity index (χ2n) is 6.81. The van der Waals surface area contributed by atoms with Gasteiger partial charge in [-0.05, 0) is 49.0 Å². The molecular weight excluding hydrogens is 236 g/mol. The van der Waals surface area contributed by atoms with Gasteiger partial charge in [0, 0.05) is 10.5 Å². The summed E-state index contributed by atoms with van der Waals surface area (Å²) in [5.41, 5.74) is 1.98. The van der Waals surface area contributed by atoms with E-state index in [1.165, 1.54) is 30.6 Å². The van der Waals surface area contributed by atoms with E-state index in [4.69, 9.17) is 0 Å². The molecule has 1 heteroatoms. The molecule has 2 fully saturated rings. The molecule has 0 amide bonds. The quantitative estimate of drug-likeness (QED) is 0.725. The second kappa shape index (κ2) is 4.30. The van der Waals surface area contributed by atoms with E-state index in [9.17, 15) is 0 Å². The lowest BCUT2D eigenvalue weighted by molar-refractivity contribution is 0.166. The number of hydrogen-bond acceptors (Lipinski definition) is 1. The van der Waals surface area contributed by atoms with Crippen LogP contribution >= 0.6 is 11.8 Å². The Balaban J connectivity index is 1.75. The van der Waals surface area contributed by atoms with Gasteiger partial charge in [0.1, 0.15) is 0 Å². The highest BCUT2D eigenvalue weighted by atomic mass is 32.2. The third-order valence-corrected chi connectivity index (χ3v) is 7.83. The SMILES string of the molecule is CC1(C)C2CCC(C2)C1(C)SCc1ccccc1. The van der Waals surface area contributed by atoms with E-state index in [0.29, 0.717) is 10.2 Å². The molecule has 1 aromatic rings. The summed E-state index contributed by atoms with van der Waals surface area (Å²) in [5.74, 6) is 3.09. The van der Waals surface area contributed by atoms with E-state index < -0.39 is 0 Å². The highest BCUT2D eigenvalue weighted by Crippen LogP contribution is 2.66. The van der Waals surface area contributed by atoms with Crippen LogP contribution in [0.3, 0.4) is 0 Å². The van der Waals surface area contributed by atoms with Crippen molar-refractivity contribution in [3.63, 3.8) is 0 Å². The number of benzene rings is 1. The molecule has 3 atom stereocenters.